The van der Waals surface area contributed by atoms with Crippen LogP contribution in [-0.2, 0) is 12.8 Å². The largest absolute Gasteiger partial charge is 0.416 e. The third-order valence-corrected chi connectivity index (χ3v) is 2.98. The maximum atomic E-state index is 12.6. The summed E-state index contributed by atoms with van der Waals surface area (Å²) in [5, 5.41) is 12.4. The summed E-state index contributed by atoms with van der Waals surface area (Å²) in [6.45, 7) is -0.358. The van der Waals surface area contributed by atoms with E-state index < -0.39 is 11.7 Å². The first-order valence-electron chi connectivity index (χ1n) is 4.85. The first kappa shape index (κ1) is 13.1. The molecule has 2 aromatic rings. The Morgan fingerprint density at radius 2 is 2.00 bits per heavy atom. The average Bonchev–Trinajstić information content (AvgIpc) is 2.76. The SMILES string of the molecule is OCc1cc(-c2cc(C(F)(F)F)ccc2Br)no1. The quantitative estimate of drug-likeness (QED) is 0.919. The van der Waals surface area contributed by atoms with Crippen LogP contribution < -0.4 is 0 Å². The Morgan fingerprint density at radius 3 is 2.56 bits per heavy atom. The van der Waals surface area contributed by atoms with Gasteiger partial charge in [-0.1, -0.05) is 21.1 Å². The highest BCUT2D eigenvalue weighted by atomic mass is 79.9. The molecule has 0 atom stereocenters. The number of nitrogens with zero attached hydrogens (tertiary/aromatic N) is 1. The average molecular weight is 322 g/mol. The van der Waals surface area contributed by atoms with Crippen molar-refractivity contribution in [2.75, 3.05) is 0 Å². The lowest BCUT2D eigenvalue weighted by atomic mass is 10.1. The molecular weight excluding hydrogens is 315 g/mol. The van der Waals surface area contributed by atoms with Gasteiger partial charge in [0.15, 0.2) is 5.76 Å². The predicted molar refractivity (Wildman–Crippen MR) is 60.6 cm³/mol. The van der Waals surface area contributed by atoms with Crippen LogP contribution in [0.4, 0.5) is 13.2 Å². The fraction of sp³-hybridized carbons (Fsp3) is 0.182. The number of aliphatic hydroxyl groups excluding tert-OH is 1. The number of halogens is 4. The summed E-state index contributed by atoms with van der Waals surface area (Å²) >= 11 is 3.15. The monoisotopic (exact) mass is 321 g/mol. The van der Waals surface area contributed by atoms with E-state index in [1.165, 1.54) is 12.1 Å². The minimum atomic E-state index is -4.42. The van der Waals surface area contributed by atoms with E-state index in [1.54, 1.807) is 0 Å². The van der Waals surface area contributed by atoms with E-state index in [1.807, 2.05) is 0 Å². The first-order chi connectivity index (χ1) is 8.41. The van der Waals surface area contributed by atoms with E-state index in [2.05, 4.69) is 21.1 Å². The van der Waals surface area contributed by atoms with Crippen LogP contribution in [-0.4, -0.2) is 10.3 Å². The van der Waals surface area contributed by atoms with Crippen molar-refractivity contribution in [2.24, 2.45) is 0 Å². The Bertz CT molecular complexity index is 566. The lowest BCUT2D eigenvalue weighted by Crippen LogP contribution is -2.04. The molecule has 0 unspecified atom stereocenters. The molecule has 0 aliphatic heterocycles. The molecule has 0 bridgehead atoms. The van der Waals surface area contributed by atoms with Gasteiger partial charge < -0.3 is 9.63 Å². The summed E-state index contributed by atoms with van der Waals surface area (Å²) in [5.74, 6) is 0.189. The van der Waals surface area contributed by atoms with Gasteiger partial charge in [0.1, 0.15) is 12.3 Å². The van der Waals surface area contributed by atoms with Gasteiger partial charge in [-0.3, -0.25) is 0 Å². The summed E-state index contributed by atoms with van der Waals surface area (Å²) < 4.78 is 43.0. The van der Waals surface area contributed by atoms with Crippen molar-refractivity contribution in [3.05, 3.63) is 40.1 Å². The van der Waals surface area contributed by atoms with Crippen LogP contribution >= 0.6 is 15.9 Å². The van der Waals surface area contributed by atoms with Gasteiger partial charge in [-0.2, -0.15) is 13.2 Å². The highest BCUT2D eigenvalue weighted by Crippen LogP contribution is 2.35. The van der Waals surface area contributed by atoms with E-state index in [0.29, 0.717) is 4.47 Å². The number of benzene rings is 1. The molecule has 0 radical (unpaired) electrons. The lowest BCUT2D eigenvalue weighted by molar-refractivity contribution is -0.137. The van der Waals surface area contributed by atoms with Crippen LogP contribution in [0.5, 0.6) is 0 Å². The molecule has 1 heterocycles. The highest BCUT2D eigenvalue weighted by Gasteiger charge is 2.31. The number of aliphatic hydroxyl groups is 1. The normalized spacial score (nSPS) is 11.8. The molecular formula is C11H7BrF3NO2. The van der Waals surface area contributed by atoms with E-state index in [-0.39, 0.29) is 23.6 Å². The topological polar surface area (TPSA) is 46.3 Å². The molecule has 1 N–H and O–H groups in total. The molecule has 18 heavy (non-hydrogen) atoms. The maximum Gasteiger partial charge on any atom is 0.416 e. The molecule has 0 saturated carbocycles. The fourth-order valence-corrected chi connectivity index (χ4v) is 1.86. The van der Waals surface area contributed by atoms with Gasteiger partial charge in [0, 0.05) is 16.1 Å². The zero-order valence-corrected chi connectivity index (χ0v) is 10.4. The van der Waals surface area contributed by atoms with Crippen molar-refractivity contribution in [2.45, 2.75) is 12.8 Å². The van der Waals surface area contributed by atoms with Gasteiger partial charge >= 0.3 is 6.18 Å². The van der Waals surface area contributed by atoms with Crippen LogP contribution in [0.25, 0.3) is 11.3 Å². The van der Waals surface area contributed by atoms with Gasteiger partial charge in [-0.15, -0.1) is 0 Å². The number of aromatic nitrogens is 1. The lowest BCUT2D eigenvalue weighted by Gasteiger charge is -2.08. The number of hydrogen-bond donors (Lipinski definition) is 1. The zero-order chi connectivity index (χ0) is 13.3. The summed E-state index contributed by atoms with van der Waals surface area (Å²) in [6, 6.07) is 4.63. The van der Waals surface area contributed by atoms with Crippen molar-refractivity contribution in [3.8, 4) is 11.3 Å². The number of hydrogen-bond acceptors (Lipinski definition) is 3. The zero-order valence-electron chi connectivity index (χ0n) is 8.83. The Hall–Kier alpha value is -1.34. The Kier molecular flexibility index (Phi) is 3.45. The van der Waals surface area contributed by atoms with Crippen molar-refractivity contribution in [1.29, 1.82) is 0 Å². The van der Waals surface area contributed by atoms with Gasteiger partial charge in [0.05, 0.1) is 5.56 Å². The molecule has 0 aliphatic carbocycles. The third kappa shape index (κ3) is 2.56. The predicted octanol–water partition coefficient (Wildman–Crippen LogP) is 3.62. The van der Waals surface area contributed by atoms with E-state index in [9.17, 15) is 13.2 Å². The second kappa shape index (κ2) is 4.74. The minimum Gasteiger partial charge on any atom is -0.388 e. The molecule has 0 fully saturated rings. The molecule has 0 amide bonds. The van der Waals surface area contributed by atoms with Gasteiger partial charge in [0.25, 0.3) is 0 Å². The van der Waals surface area contributed by atoms with Crippen LogP contribution in [0.15, 0.2) is 33.3 Å². The highest BCUT2D eigenvalue weighted by molar-refractivity contribution is 9.10. The van der Waals surface area contributed by atoms with Crippen molar-refractivity contribution in [1.82, 2.24) is 5.16 Å². The van der Waals surface area contributed by atoms with E-state index >= 15 is 0 Å². The second-order valence-electron chi connectivity index (χ2n) is 3.53. The van der Waals surface area contributed by atoms with Crippen molar-refractivity contribution >= 4 is 15.9 Å². The molecule has 0 spiro atoms. The summed E-state index contributed by atoms with van der Waals surface area (Å²) in [5.41, 5.74) is -0.278. The Morgan fingerprint density at radius 1 is 1.28 bits per heavy atom. The number of alkyl halides is 3. The van der Waals surface area contributed by atoms with Crippen molar-refractivity contribution in [3.63, 3.8) is 0 Å². The molecule has 2 rings (SSSR count). The van der Waals surface area contributed by atoms with Crippen molar-refractivity contribution < 1.29 is 22.8 Å². The number of rotatable bonds is 2. The van der Waals surface area contributed by atoms with Gasteiger partial charge in [-0.25, -0.2) is 0 Å². The fourth-order valence-electron chi connectivity index (χ4n) is 1.41. The molecule has 1 aromatic carbocycles. The molecule has 1 aromatic heterocycles. The molecule has 7 heteroatoms. The minimum absolute atomic E-state index is 0.189. The Balaban J connectivity index is 2.49. The maximum absolute atomic E-state index is 12.6. The standard InChI is InChI=1S/C11H7BrF3NO2/c12-9-2-1-6(11(13,14)15)3-8(9)10-4-7(5-17)18-16-10/h1-4,17H,5H2. The third-order valence-electron chi connectivity index (χ3n) is 2.28. The van der Waals surface area contributed by atoms with Crippen LogP contribution in [0.1, 0.15) is 11.3 Å². The second-order valence-corrected chi connectivity index (χ2v) is 4.38. The summed E-state index contributed by atoms with van der Waals surface area (Å²) in [4.78, 5) is 0. The van der Waals surface area contributed by atoms with E-state index in [0.717, 1.165) is 12.1 Å². The summed E-state index contributed by atoms with van der Waals surface area (Å²) in [7, 11) is 0. The van der Waals surface area contributed by atoms with Crippen LogP contribution in [0.3, 0.4) is 0 Å². The van der Waals surface area contributed by atoms with Gasteiger partial charge in [0.2, 0.25) is 0 Å². The molecule has 0 saturated heterocycles. The first-order valence-corrected chi connectivity index (χ1v) is 5.64. The molecule has 3 nitrogen and oxygen atoms in total. The van der Waals surface area contributed by atoms with Crippen LogP contribution in [0, 0.1) is 0 Å². The van der Waals surface area contributed by atoms with Gasteiger partial charge in [-0.05, 0) is 18.2 Å². The van der Waals surface area contributed by atoms with E-state index in [4.69, 9.17) is 9.63 Å². The Labute approximate surface area is 108 Å². The molecule has 0 aliphatic rings. The smallest absolute Gasteiger partial charge is 0.388 e. The summed E-state index contributed by atoms with van der Waals surface area (Å²) in [6.07, 6.45) is -4.42. The molecule has 96 valence electrons. The van der Waals surface area contributed by atoms with Crippen LogP contribution in [0.2, 0.25) is 0 Å².